The molecule has 0 fully saturated rings. The van der Waals surface area contributed by atoms with Gasteiger partial charge in [0.1, 0.15) is 11.6 Å². The average Bonchev–Trinajstić information content (AvgIpc) is 2.20. The standard InChI is InChI=1S/C9H7F2N.2ClH.Pt/c1-6-2-3-8(10)7(4-5-12)9(6)11;;;/h2-3H,4H2,1H3;2*1H;/q;;;+2/p-2. The summed E-state index contributed by atoms with van der Waals surface area (Å²) in [6.07, 6.45) is -0.223. The monoisotopic (exact) mass is 432 g/mol. The Morgan fingerprint density at radius 3 is 2.40 bits per heavy atom. The number of aryl methyl sites for hydroxylation is 1. The fourth-order valence-corrected chi connectivity index (χ4v) is 0.956. The van der Waals surface area contributed by atoms with Gasteiger partial charge >= 0.3 is 35.3 Å². The molecule has 15 heavy (non-hydrogen) atoms. The SMILES string of the molecule is Cc1ccc(F)c(CC#N)c1F.[Cl][Pt][Cl]. The Hall–Kier alpha value is -0.162. The van der Waals surface area contributed by atoms with Gasteiger partial charge < -0.3 is 0 Å². The van der Waals surface area contributed by atoms with E-state index in [1.807, 2.05) is 0 Å². The van der Waals surface area contributed by atoms with Gasteiger partial charge in [0.2, 0.25) is 0 Å². The van der Waals surface area contributed by atoms with Crippen LogP contribution in [-0.2, 0) is 22.9 Å². The molecule has 0 atom stereocenters. The Morgan fingerprint density at radius 1 is 1.40 bits per heavy atom. The van der Waals surface area contributed by atoms with Crippen LogP contribution in [0.15, 0.2) is 12.1 Å². The molecule has 86 valence electrons. The first kappa shape index (κ1) is 14.8. The van der Waals surface area contributed by atoms with E-state index >= 15 is 0 Å². The van der Waals surface area contributed by atoms with E-state index in [9.17, 15) is 8.78 Å². The summed E-state index contributed by atoms with van der Waals surface area (Å²) in [6.45, 7) is 1.54. The van der Waals surface area contributed by atoms with E-state index in [4.69, 9.17) is 24.1 Å². The molecular weight excluding hydrogens is 426 g/mol. The summed E-state index contributed by atoms with van der Waals surface area (Å²) in [5, 5.41) is 8.28. The van der Waals surface area contributed by atoms with Crippen molar-refractivity contribution in [3.05, 3.63) is 34.9 Å². The Kier molecular flexibility index (Phi) is 7.96. The fourth-order valence-electron chi connectivity index (χ4n) is 0.956. The van der Waals surface area contributed by atoms with Crippen molar-refractivity contribution in [3.8, 4) is 6.07 Å². The molecule has 0 N–H and O–H groups in total. The zero-order valence-electron chi connectivity index (χ0n) is 7.64. The number of hydrogen-bond acceptors (Lipinski definition) is 1. The van der Waals surface area contributed by atoms with Crippen LogP contribution in [0.1, 0.15) is 11.1 Å². The maximum atomic E-state index is 13.1. The molecule has 0 spiro atoms. The van der Waals surface area contributed by atoms with Crippen molar-refractivity contribution in [1.82, 2.24) is 0 Å². The van der Waals surface area contributed by atoms with Gasteiger partial charge in [0, 0.05) is 5.56 Å². The van der Waals surface area contributed by atoms with Gasteiger partial charge in [-0.3, -0.25) is 0 Å². The topological polar surface area (TPSA) is 23.8 Å². The van der Waals surface area contributed by atoms with Gasteiger partial charge in [-0.05, 0) is 18.6 Å². The summed E-state index contributed by atoms with van der Waals surface area (Å²) in [7, 11) is 9.75. The van der Waals surface area contributed by atoms with Crippen molar-refractivity contribution in [2.75, 3.05) is 0 Å². The first-order chi connectivity index (χ1) is 7.08. The third-order valence-electron chi connectivity index (χ3n) is 1.63. The van der Waals surface area contributed by atoms with Crippen molar-refractivity contribution < 1.29 is 25.3 Å². The molecule has 0 aromatic heterocycles. The van der Waals surface area contributed by atoms with Crippen LogP contribution >= 0.6 is 18.8 Å². The van der Waals surface area contributed by atoms with Crippen molar-refractivity contribution in [2.45, 2.75) is 13.3 Å². The molecule has 0 aliphatic rings. The van der Waals surface area contributed by atoms with Crippen LogP contribution in [0.25, 0.3) is 0 Å². The third kappa shape index (κ3) is 4.93. The third-order valence-corrected chi connectivity index (χ3v) is 1.63. The predicted molar refractivity (Wildman–Crippen MR) is 52.1 cm³/mol. The van der Waals surface area contributed by atoms with Crippen molar-refractivity contribution >= 4 is 18.8 Å². The molecule has 0 saturated carbocycles. The minimum atomic E-state index is -0.653. The van der Waals surface area contributed by atoms with Gasteiger partial charge in [-0.25, -0.2) is 8.78 Å². The van der Waals surface area contributed by atoms with Gasteiger partial charge in [-0.2, -0.15) is 5.26 Å². The van der Waals surface area contributed by atoms with E-state index in [0.29, 0.717) is 5.56 Å². The molecule has 0 unspecified atom stereocenters. The fraction of sp³-hybridized carbons (Fsp3) is 0.222. The predicted octanol–water partition coefficient (Wildman–Crippen LogP) is 3.72. The van der Waals surface area contributed by atoms with E-state index in [2.05, 4.69) is 0 Å². The number of halogens is 4. The zero-order chi connectivity index (χ0) is 11.8. The number of benzene rings is 1. The summed E-state index contributed by atoms with van der Waals surface area (Å²) >= 11 is -0.472. The molecule has 0 amide bonds. The first-order valence-electron chi connectivity index (χ1n) is 3.71. The second kappa shape index (κ2) is 8.04. The van der Waals surface area contributed by atoms with Crippen LogP contribution < -0.4 is 0 Å². The van der Waals surface area contributed by atoms with Gasteiger partial charge in [0.15, 0.2) is 0 Å². The molecule has 1 aromatic carbocycles. The molecule has 0 bridgehead atoms. The van der Waals surface area contributed by atoms with Crippen molar-refractivity contribution in [3.63, 3.8) is 0 Å². The van der Waals surface area contributed by atoms with E-state index in [-0.39, 0.29) is 12.0 Å². The second-order valence-corrected chi connectivity index (χ2v) is 5.82. The van der Waals surface area contributed by atoms with Crippen LogP contribution in [0.3, 0.4) is 0 Å². The maximum absolute atomic E-state index is 13.1. The Bertz CT molecular complexity index is 366. The zero-order valence-corrected chi connectivity index (χ0v) is 11.4. The first-order valence-corrected chi connectivity index (χ1v) is 9.34. The summed E-state index contributed by atoms with van der Waals surface area (Å²) in [5.74, 6) is -1.27. The number of nitrogens with zero attached hydrogens (tertiary/aromatic N) is 1. The van der Waals surface area contributed by atoms with Crippen molar-refractivity contribution in [2.24, 2.45) is 0 Å². The molecule has 0 radical (unpaired) electrons. The molecule has 1 aromatic rings. The second-order valence-electron chi connectivity index (χ2n) is 2.54. The van der Waals surface area contributed by atoms with Gasteiger partial charge in [-0.1, -0.05) is 6.07 Å². The molecule has 0 aliphatic heterocycles. The summed E-state index contributed by atoms with van der Waals surface area (Å²) in [5.41, 5.74) is 0.221. The quantitative estimate of drug-likeness (QED) is 0.663. The molecule has 0 saturated heterocycles. The average molecular weight is 433 g/mol. The Balaban J connectivity index is 0.000000583. The number of rotatable bonds is 1. The van der Waals surface area contributed by atoms with Crippen LogP contribution in [0.4, 0.5) is 8.78 Å². The molecule has 1 nitrogen and oxygen atoms in total. The number of hydrogen-bond donors (Lipinski definition) is 0. The Morgan fingerprint density at radius 2 is 1.93 bits per heavy atom. The summed E-state index contributed by atoms with van der Waals surface area (Å²) in [4.78, 5) is 0. The van der Waals surface area contributed by atoms with Crippen LogP contribution in [0, 0.1) is 29.9 Å². The summed E-state index contributed by atoms with van der Waals surface area (Å²) in [6, 6.07) is 4.24. The summed E-state index contributed by atoms with van der Waals surface area (Å²) < 4.78 is 25.9. The molecule has 1 rings (SSSR count). The van der Waals surface area contributed by atoms with Crippen LogP contribution in [0.5, 0.6) is 0 Å². The normalized spacial score (nSPS) is 9.07. The Labute approximate surface area is 103 Å². The van der Waals surface area contributed by atoms with E-state index < -0.39 is 28.1 Å². The van der Waals surface area contributed by atoms with Gasteiger partial charge in [0.05, 0.1) is 12.5 Å². The number of nitriles is 1. The molecular formula is C9H7Cl2F2NPt. The van der Waals surface area contributed by atoms with Gasteiger partial charge in [0.25, 0.3) is 0 Å². The van der Waals surface area contributed by atoms with Gasteiger partial charge in [-0.15, -0.1) is 0 Å². The van der Waals surface area contributed by atoms with E-state index in [1.165, 1.54) is 19.1 Å². The van der Waals surface area contributed by atoms with Crippen LogP contribution in [0.2, 0.25) is 0 Å². The molecule has 6 heteroatoms. The van der Waals surface area contributed by atoms with E-state index in [0.717, 1.165) is 0 Å². The van der Waals surface area contributed by atoms with Crippen molar-refractivity contribution in [1.29, 1.82) is 5.26 Å². The van der Waals surface area contributed by atoms with Crippen LogP contribution in [-0.4, -0.2) is 0 Å². The molecule has 0 heterocycles. The minimum absolute atomic E-state index is 0.141. The molecule has 0 aliphatic carbocycles. The van der Waals surface area contributed by atoms with E-state index in [1.54, 1.807) is 6.07 Å².